The minimum Gasteiger partial charge on any atom is -0.396 e. The van der Waals surface area contributed by atoms with Gasteiger partial charge in [0.05, 0.1) is 12.6 Å². The molecule has 1 unspecified atom stereocenters. The van der Waals surface area contributed by atoms with Crippen molar-refractivity contribution in [3.05, 3.63) is 35.9 Å². The summed E-state index contributed by atoms with van der Waals surface area (Å²) in [6, 6.07) is 9.20. The van der Waals surface area contributed by atoms with Crippen LogP contribution in [0, 0.1) is 5.41 Å². The Balaban J connectivity index is 2.56. The van der Waals surface area contributed by atoms with Crippen LogP contribution in [0.1, 0.15) is 38.8 Å². The lowest BCUT2D eigenvalue weighted by Crippen LogP contribution is -2.42. The number of aliphatic hydroxyl groups excluding tert-OH is 1. The van der Waals surface area contributed by atoms with Crippen LogP contribution in [0.4, 0.5) is 0 Å². The molecule has 5 heteroatoms. The van der Waals surface area contributed by atoms with Gasteiger partial charge in [-0.05, 0) is 12.0 Å². The van der Waals surface area contributed by atoms with Crippen molar-refractivity contribution >= 4 is 11.8 Å². The molecule has 0 spiro atoms. The van der Waals surface area contributed by atoms with Crippen LogP contribution >= 0.6 is 0 Å². The zero-order chi connectivity index (χ0) is 15.9. The van der Waals surface area contributed by atoms with Crippen LogP contribution in [0.3, 0.4) is 0 Å². The molecule has 2 amide bonds. The molecule has 0 heterocycles. The Labute approximate surface area is 125 Å². The lowest BCUT2D eigenvalue weighted by atomic mass is 9.96. The number of benzene rings is 1. The normalized spacial score (nSPS) is 12.6. The van der Waals surface area contributed by atoms with Gasteiger partial charge in [0.15, 0.2) is 0 Å². The summed E-state index contributed by atoms with van der Waals surface area (Å²) in [5, 5.41) is 14.5. The highest BCUT2D eigenvalue weighted by atomic mass is 16.3. The summed E-state index contributed by atoms with van der Waals surface area (Å²) in [4.78, 5) is 23.6. The monoisotopic (exact) mass is 292 g/mol. The predicted octanol–water partition coefficient (Wildman–Crippen LogP) is 1.39. The van der Waals surface area contributed by atoms with E-state index in [0.29, 0.717) is 6.42 Å². The first kappa shape index (κ1) is 17.2. The van der Waals surface area contributed by atoms with Crippen molar-refractivity contribution < 1.29 is 14.7 Å². The summed E-state index contributed by atoms with van der Waals surface area (Å²) >= 11 is 0. The van der Waals surface area contributed by atoms with Gasteiger partial charge in [0.1, 0.15) is 0 Å². The van der Waals surface area contributed by atoms with E-state index in [2.05, 4.69) is 10.6 Å². The minimum atomic E-state index is -0.524. The molecular weight excluding hydrogens is 268 g/mol. The fourth-order valence-corrected chi connectivity index (χ4v) is 1.81. The first-order valence-electron chi connectivity index (χ1n) is 7.08. The van der Waals surface area contributed by atoms with E-state index >= 15 is 0 Å². The molecule has 5 nitrogen and oxygen atoms in total. The van der Waals surface area contributed by atoms with Crippen molar-refractivity contribution in [1.82, 2.24) is 10.6 Å². The molecule has 0 aliphatic rings. The van der Waals surface area contributed by atoms with Crippen LogP contribution < -0.4 is 10.6 Å². The van der Waals surface area contributed by atoms with Crippen molar-refractivity contribution in [2.45, 2.75) is 33.2 Å². The highest BCUT2D eigenvalue weighted by Gasteiger charge is 2.22. The van der Waals surface area contributed by atoms with E-state index in [9.17, 15) is 9.59 Å². The van der Waals surface area contributed by atoms with E-state index in [1.54, 1.807) is 20.8 Å². The van der Waals surface area contributed by atoms with Crippen LogP contribution in [0.2, 0.25) is 0 Å². The number of rotatable bonds is 6. The maximum atomic E-state index is 11.9. The topological polar surface area (TPSA) is 78.4 Å². The Bertz CT molecular complexity index is 466. The molecule has 1 aromatic rings. The summed E-state index contributed by atoms with van der Waals surface area (Å²) in [5.74, 6) is -0.439. The van der Waals surface area contributed by atoms with Crippen molar-refractivity contribution in [2.75, 3.05) is 13.2 Å². The number of amides is 2. The molecule has 0 aliphatic heterocycles. The van der Waals surface area contributed by atoms with Crippen molar-refractivity contribution in [3.63, 3.8) is 0 Å². The Morgan fingerprint density at radius 2 is 1.81 bits per heavy atom. The highest BCUT2D eigenvalue weighted by molar-refractivity contribution is 5.87. The van der Waals surface area contributed by atoms with Gasteiger partial charge in [-0.1, -0.05) is 51.1 Å². The lowest BCUT2D eigenvalue weighted by molar-refractivity contribution is -0.131. The van der Waals surface area contributed by atoms with E-state index in [-0.39, 0.29) is 31.0 Å². The molecule has 3 N–H and O–H groups in total. The van der Waals surface area contributed by atoms with Gasteiger partial charge in [-0.3, -0.25) is 9.59 Å². The summed E-state index contributed by atoms with van der Waals surface area (Å²) in [5.41, 5.74) is 0.409. The first-order valence-corrected chi connectivity index (χ1v) is 7.08. The standard InChI is InChI=1S/C16H24N2O3/c1-16(2,3)15(21)17-11-14(20)18-13(9-10-19)12-7-5-4-6-8-12/h4-8,13,19H,9-11H2,1-3H3,(H,17,21)(H,18,20). The second-order valence-electron chi connectivity index (χ2n) is 5.98. The molecule has 1 atom stereocenters. The molecule has 116 valence electrons. The van der Waals surface area contributed by atoms with Crippen molar-refractivity contribution in [2.24, 2.45) is 5.41 Å². The number of carbonyl (C=O) groups is 2. The van der Waals surface area contributed by atoms with Crippen molar-refractivity contribution in [1.29, 1.82) is 0 Å². The van der Waals surface area contributed by atoms with E-state index in [1.807, 2.05) is 30.3 Å². The third-order valence-electron chi connectivity index (χ3n) is 3.05. The summed E-state index contributed by atoms with van der Waals surface area (Å²) in [6.45, 7) is 5.29. The second-order valence-corrected chi connectivity index (χ2v) is 5.98. The largest absolute Gasteiger partial charge is 0.396 e. The molecule has 0 aliphatic carbocycles. The summed E-state index contributed by atoms with van der Waals surface area (Å²) in [7, 11) is 0. The zero-order valence-electron chi connectivity index (χ0n) is 12.8. The molecule has 0 fully saturated rings. The molecular formula is C16H24N2O3. The number of aliphatic hydroxyl groups is 1. The van der Waals surface area contributed by atoms with E-state index in [0.717, 1.165) is 5.56 Å². The van der Waals surface area contributed by atoms with Gasteiger partial charge in [0.25, 0.3) is 0 Å². The van der Waals surface area contributed by atoms with Gasteiger partial charge >= 0.3 is 0 Å². The van der Waals surface area contributed by atoms with Crippen LogP contribution in [-0.2, 0) is 9.59 Å². The SMILES string of the molecule is CC(C)(C)C(=O)NCC(=O)NC(CCO)c1ccccc1. The average Bonchev–Trinajstić information content (AvgIpc) is 2.44. The molecule has 21 heavy (non-hydrogen) atoms. The van der Waals surface area contributed by atoms with Gasteiger partial charge in [0.2, 0.25) is 11.8 Å². The van der Waals surface area contributed by atoms with Crippen LogP contribution in [0.15, 0.2) is 30.3 Å². The predicted molar refractivity (Wildman–Crippen MR) is 81.5 cm³/mol. The Kier molecular flexibility index (Phi) is 6.37. The van der Waals surface area contributed by atoms with Gasteiger partial charge < -0.3 is 15.7 Å². The Morgan fingerprint density at radius 3 is 2.33 bits per heavy atom. The van der Waals surface area contributed by atoms with Gasteiger partial charge in [-0.25, -0.2) is 0 Å². The highest BCUT2D eigenvalue weighted by Crippen LogP contribution is 2.16. The summed E-state index contributed by atoms with van der Waals surface area (Å²) < 4.78 is 0. The van der Waals surface area contributed by atoms with Gasteiger partial charge in [-0.15, -0.1) is 0 Å². The fraction of sp³-hybridized carbons (Fsp3) is 0.500. The quantitative estimate of drug-likeness (QED) is 0.741. The van der Waals surface area contributed by atoms with Crippen LogP contribution in [-0.4, -0.2) is 30.1 Å². The fourth-order valence-electron chi connectivity index (χ4n) is 1.81. The number of nitrogens with one attached hydrogen (secondary N) is 2. The smallest absolute Gasteiger partial charge is 0.239 e. The number of carbonyl (C=O) groups excluding carboxylic acids is 2. The van der Waals surface area contributed by atoms with Crippen LogP contribution in [0.25, 0.3) is 0 Å². The molecule has 0 saturated heterocycles. The summed E-state index contributed by atoms with van der Waals surface area (Å²) in [6.07, 6.45) is 0.434. The van der Waals surface area contributed by atoms with E-state index in [1.165, 1.54) is 0 Å². The molecule has 0 bridgehead atoms. The van der Waals surface area contributed by atoms with Crippen molar-refractivity contribution in [3.8, 4) is 0 Å². The molecule has 1 rings (SSSR count). The third kappa shape index (κ3) is 5.95. The molecule has 1 aromatic carbocycles. The lowest BCUT2D eigenvalue weighted by Gasteiger charge is -2.20. The Morgan fingerprint density at radius 1 is 1.19 bits per heavy atom. The molecule has 0 saturated carbocycles. The first-order chi connectivity index (χ1) is 9.84. The number of hydrogen-bond acceptors (Lipinski definition) is 3. The van der Waals surface area contributed by atoms with E-state index in [4.69, 9.17) is 5.11 Å². The third-order valence-corrected chi connectivity index (χ3v) is 3.05. The van der Waals surface area contributed by atoms with Gasteiger partial charge in [0, 0.05) is 12.0 Å². The minimum absolute atomic E-state index is 0.0197. The van der Waals surface area contributed by atoms with Crippen LogP contribution in [0.5, 0.6) is 0 Å². The number of hydrogen-bond donors (Lipinski definition) is 3. The van der Waals surface area contributed by atoms with Gasteiger partial charge in [-0.2, -0.15) is 0 Å². The maximum absolute atomic E-state index is 11.9. The average molecular weight is 292 g/mol. The van der Waals surface area contributed by atoms with E-state index < -0.39 is 5.41 Å². The molecule has 0 aromatic heterocycles. The maximum Gasteiger partial charge on any atom is 0.239 e. The second kappa shape index (κ2) is 7.78. The molecule has 0 radical (unpaired) electrons. The Hall–Kier alpha value is -1.88. The zero-order valence-corrected chi connectivity index (χ0v) is 12.8.